The lowest BCUT2D eigenvalue weighted by molar-refractivity contribution is -0.139. The van der Waals surface area contributed by atoms with E-state index >= 15 is 0 Å². The van der Waals surface area contributed by atoms with Crippen molar-refractivity contribution in [3.8, 4) is 0 Å². The quantitative estimate of drug-likeness (QED) is 0.714. The number of methoxy groups -OCH3 is 1. The first-order valence-corrected chi connectivity index (χ1v) is 6.87. The molecule has 0 saturated carbocycles. The van der Waals surface area contributed by atoms with E-state index in [9.17, 15) is 14.4 Å². The van der Waals surface area contributed by atoms with Crippen LogP contribution in [0.2, 0.25) is 0 Å². The second-order valence-electron chi connectivity index (χ2n) is 5.47. The number of fused-ring (bicyclic) bond motifs is 1. The summed E-state index contributed by atoms with van der Waals surface area (Å²) in [5, 5.41) is 18.4. The highest BCUT2D eigenvalue weighted by Gasteiger charge is 2.31. The molecule has 1 amide bonds. The number of aromatic nitrogens is 2. The summed E-state index contributed by atoms with van der Waals surface area (Å²) >= 11 is 0. The van der Waals surface area contributed by atoms with Crippen molar-refractivity contribution in [2.24, 2.45) is 0 Å². The Morgan fingerprint density at radius 1 is 1.35 bits per heavy atom. The molecule has 1 heterocycles. The van der Waals surface area contributed by atoms with E-state index in [0.29, 0.717) is 10.8 Å². The van der Waals surface area contributed by atoms with Gasteiger partial charge in [0.25, 0.3) is 11.5 Å². The molecule has 2 aromatic rings. The van der Waals surface area contributed by atoms with Crippen LogP contribution >= 0.6 is 0 Å². The number of carbonyl (C=O) groups excluding carboxylic acids is 1. The van der Waals surface area contributed by atoms with Gasteiger partial charge in [0.05, 0.1) is 24.0 Å². The fourth-order valence-corrected chi connectivity index (χ4v) is 2.40. The Bertz CT molecular complexity index is 801. The monoisotopic (exact) mass is 319 g/mol. The topological polar surface area (TPSA) is 121 Å². The summed E-state index contributed by atoms with van der Waals surface area (Å²) in [6.45, 7) is 1.59. The van der Waals surface area contributed by atoms with E-state index in [4.69, 9.17) is 9.84 Å². The summed E-state index contributed by atoms with van der Waals surface area (Å²) in [5.74, 6) is -1.65. The van der Waals surface area contributed by atoms with Crippen molar-refractivity contribution in [3.05, 3.63) is 40.3 Å². The van der Waals surface area contributed by atoms with Gasteiger partial charge in [-0.05, 0) is 13.0 Å². The van der Waals surface area contributed by atoms with Crippen molar-refractivity contribution in [1.29, 1.82) is 0 Å². The number of hydrogen-bond donors (Lipinski definition) is 3. The summed E-state index contributed by atoms with van der Waals surface area (Å²) < 4.78 is 4.99. The second-order valence-corrected chi connectivity index (χ2v) is 5.47. The van der Waals surface area contributed by atoms with Crippen molar-refractivity contribution in [1.82, 2.24) is 15.5 Å². The lowest BCUT2D eigenvalue weighted by Crippen LogP contribution is -2.51. The van der Waals surface area contributed by atoms with Gasteiger partial charge in [0.15, 0.2) is 5.69 Å². The highest BCUT2D eigenvalue weighted by molar-refractivity contribution is 6.05. The molecule has 1 atom stereocenters. The summed E-state index contributed by atoms with van der Waals surface area (Å²) in [4.78, 5) is 35.2. The van der Waals surface area contributed by atoms with E-state index in [0.717, 1.165) is 0 Å². The van der Waals surface area contributed by atoms with Crippen LogP contribution in [0, 0.1) is 0 Å². The minimum Gasteiger partial charge on any atom is -0.481 e. The number of aliphatic carboxylic acids is 1. The number of benzene rings is 1. The molecule has 0 spiro atoms. The number of nitrogens with one attached hydrogen (secondary N) is 2. The predicted molar refractivity (Wildman–Crippen MR) is 82.4 cm³/mol. The number of ether oxygens (including phenoxy) is 1. The summed E-state index contributed by atoms with van der Waals surface area (Å²) in [6, 6.07) is 6.56. The third-order valence-electron chi connectivity index (χ3n) is 3.33. The van der Waals surface area contributed by atoms with E-state index < -0.39 is 23.0 Å². The van der Waals surface area contributed by atoms with Gasteiger partial charge in [-0.25, -0.2) is 5.10 Å². The zero-order valence-corrected chi connectivity index (χ0v) is 12.8. The zero-order chi connectivity index (χ0) is 17.0. The van der Waals surface area contributed by atoms with Gasteiger partial charge in [-0.1, -0.05) is 18.2 Å². The number of carbonyl (C=O) groups is 2. The molecule has 1 aromatic heterocycles. The number of carboxylic acid groups (broad SMARTS) is 1. The smallest absolute Gasteiger partial charge is 0.305 e. The molecule has 122 valence electrons. The second kappa shape index (κ2) is 6.57. The van der Waals surface area contributed by atoms with Crippen LogP contribution in [-0.2, 0) is 9.53 Å². The lowest BCUT2D eigenvalue weighted by atomic mass is 9.98. The first-order chi connectivity index (χ1) is 10.9. The Kier molecular flexibility index (Phi) is 4.75. The zero-order valence-electron chi connectivity index (χ0n) is 12.8. The van der Waals surface area contributed by atoms with Crippen molar-refractivity contribution in [2.45, 2.75) is 18.9 Å². The summed E-state index contributed by atoms with van der Waals surface area (Å²) in [6.07, 6.45) is -0.312. The van der Waals surface area contributed by atoms with Crippen molar-refractivity contribution < 1.29 is 19.4 Å². The Labute approximate surface area is 131 Å². The first-order valence-electron chi connectivity index (χ1n) is 6.87. The van der Waals surface area contributed by atoms with Crippen LogP contribution in [0.3, 0.4) is 0 Å². The number of H-pyrrole nitrogens is 1. The van der Waals surface area contributed by atoms with Crippen LogP contribution in [0.4, 0.5) is 0 Å². The van der Waals surface area contributed by atoms with Gasteiger partial charge in [0.1, 0.15) is 0 Å². The molecule has 1 unspecified atom stereocenters. The standard InChI is InChI=1S/C15H17N3O5/c1-15(8-23-2,7-11(19)20)16-14(22)12-9-5-3-4-6-10(9)13(21)18-17-12/h3-6H,7-8H2,1-2H3,(H,16,22)(H,18,21)(H,19,20). The minimum atomic E-state index is -1.10. The van der Waals surface area contributed by atoms with E-state index in [-0.39, 0.29) is 18.7 Å². The molecule has 0 aliphatic rings. The number of rotatable bonds is 6. The Hall–Kier alpha value is -2.74. The van der Waals surface area contributed by atoms with Crippen molar-refractivity contribution in [3.63, 3.8) is 0 Å². The fraction of sp³-hybridized carbons (Fsp3) is 0.333. The van der Waals surface area contributed by atoms with Crippen LogP contribution in [-0.4, -0.2) is 46.4 Å². The Morgan fingerprint density at radius 2 is 2.00 bits per heavy atom. The van der Waals surface area contributed by atoms with Gasteiger partial charge in [-0.2, -0.15) is 5.10 Å². The number of amides is 1. The van der Waals surface area contributed by atoms with E-state index in [1.165, 1.54) is 7.11 Å². The number of nitrogens with zero attached hydrogens (tertiary/aromatic N) is 1. The van der Waals surface area contributed by atoms with E-state index in [1.807, 2.05) is 0 Å². The van der Waals surface area contributed by atoms with Gasteiger partial charge < -0.3 is 15.2 Å². The maximum absolute atomic E-state index is 12.5. The molecule has 23 heavy (non-hydrogen) atoms. The van der Waals surface area contributed by atoms with Gasteiger partial charge in [0, 0.05) is 12.5 Å². The summed E-state index contributed by atoms with van der Waals surface area (Å²) in [5.41, 5.74) is -1.48. The molecular weight excluding hydrogens is 302 g/mol. The van der Waals surface area contributed by atoms with E-state index in [1.54, 1.807) is 31.2 Å². The third kappa shape index (κ3) is 3.72. The van der Waals surface area contributed by atoms with Crippen LogP contribution in [0.15, 0.2) is 29.1 Å². The van der Waals surface area contributed by atoms with Crippen molar-refractivity contribution in [2.75, 3.05) is 13.7 Å². The highest BCUT2D eigenvalue weighted by Crippen LogP contribution is 2.15. The molecule has 8 nitrogen and oxygen atoms in total. The summed E-state index contributed by atoms with van der Waals surface area (Å²) in [7, 11) is 1.42. The molecule has 8 heteroatoms. The number of aromatic amines is 1. The molecular formula is C15H17N3O5. The van der Waals surface area contributed by atoms with Gasteiger partial charge in [-0.15, -0.1) is 0 Å². The van der Waals surface area contributed by atoms with Gasteiger partial charge >= 0.3 is 5.97 Å². The molecule has 2 rings (SSSR count). The average Bonchev–Trinajstić information content (AvgIpc) is 2.46. The molecule has 0 aliphatic carbocycles. The average molecular weight is 319 g/mol. The first kappa shape index (κ1) is 16.6. The molecule has 0 saturated heterocycles. The maximum atomic E-state index is 12.5. The van der Waals surface area contributed by atoms with E-state index in [2.05, 4.69) is 15.5 Å². The van der Waals surface area contributed by atoms with Crippen LogP contribution < -0.4 is 10.9 Å². The predicted octanol–water partition coefficient (Wildman–Crippen LogP) is 0.533. The molecule has 0 fully saturated rings. The lowest BCUT2D eigenvalue weighted by Gasteiger charge is -2.28. The molecule has 0 radical (unpaired) electrons. The number of hydrogen-bond acceptors (Lipinski definition) is 5. The SMILES string of the molecule is COCC(C)(CC(=O)O)NC(=O)c1n[nH]c(=O)c2ccccc12. The fourth-order valence-electron chi connectivity index (χ4n) is 2.40. The number of carboxylic acids is 1. The Balaban J connectivity index is 2.39. The largest absolute Gasteiger partial charge is 0.481 e. The van der Waals surface area contributed by atoms with Gasteiger partial charge in [0.2, 0.25) is 0 Å². The maximum Gasteiger partial charge on any atom is 0.305 e. The van der Waals surface area contributed by atoms with Crippen LogP contribution in [0.5, 0.6) is 0 Å². The molecule has 0 bridgehead atoms. The minimum absolute atomic E-state index is 0.0202. The molecule has 0 aliphatic heterocycles. The van der Waals surface area contributed by atoms with Crippen LogP contribution in [0.1, 0.15) is 23.8 Å². The molecule has 1 aromatic carbocycles. The Morgan fingerprint density at radius 3 is 2.61 bits per heavy atom. The molecule has 3 N–H and O–H groups in total. The van der Waals surface area contributed by atoms with Gasteiger partial charge in [-0.3, -0.25) is 14.4 Å². The normalized spacial score (nSPS) is 13.5. The third-order valence-corrected chi connectivity index (χ3v) is 3.33. The van der Waals surface area contributed by atoms with Crippen molar-refractivity contribution >= 4 is 22.6 Å². The van der Waals surface area contributed by atoms with Crippen LogP contribution in [0.25, 0.3) is 10.8 Å². The highest BCUT2D eigenvalue weighted by atomic mass is 16.5.